The lowest BCUT2D eigenvalue weighted by atomic mass is 10.1. The maximum absolute atomic E-state index is 11.9. The third kappa shape index (κ3) is 8.22. The highest BCUT2D eigenvalue weighted by molar-refractivity contribution is 14.0. The second kappa shape index (κ2) is 14.5. The Hall–Kier alpha value is -2.49. The van der Waals surface area contributed by atoms with E-state index in [1.54, 1.807) is 14.2 Å². The molecule has 0 bridgehead atoms. The Morgan fingerprint density at radius 1 is 0.938 bits per heavy atom. The van der Waals surface area contributed by atoms with Gasteiger partial charge in [-0.2, -0.15) is 0 Å². The average Bonchev–Trinajstić information content (AvgIpc) is 2.80. The van der Waals surface area contributed by atoms with Crippen LogP contribution in [0.15, 0.2) is 47.5 Å². The van der Waals surface area contributed by atoms with Crippen molar-refractivity contribution < 1.29 is 14.3 Å². The first kappa shape index (κ1) is 27.5. The first-order valence-corrected chi connectivity index (χ1v) is 10.6. The number of amides is 1. The molecule has 32 heavy (non-hydrogen) atoms. The zero-order valence-corrected chi connectivity index (χ0v) is 21.9. The van der Waals surface area contributed by atoms with E-state index in [4.69, 9.17) is 14.5 Å². The van der Waals surface area contributed by atoms with Crippen LogP contribution in [0.2, 0.25) is 0 Å². The van der Waals surface area contributed by atoms with Gasteiger partial charge in [-0.3, -0.25) is 4.79 Å². The molecule has 2 rings (SSSR count). The molecule has 0 aliphatic rings. The number of rotatable bonds is 10. The quantitative estimate of drug-likeness (QED) is 0.266. The fourth-order valence-corrected chi connectivity index (χ4v) is 3.10. The van der Waals surface area contributed by atoms with Crippen LogP contribution in [0.5, 0.6) is 11.5 Å². The summed E-state index contributed by atoms with van der Waals surface area (Å²) in [5.41, 5.74) is 2.88. The zero-order valence-electron chi connectivity index (χ0n) is 19.6. The molecule has 2 aromatic carbocycles. The lowest BCUT2D eigenvalue weighted by Crippen LogP contribution is -2.39. The SMILES string of the molecule is CCNC(=O)c1ccc(CN=C(NCC)N(C)CCc2ccc(OC)c(OC)c2)cc1.I. The van der Waals surface area contributed by atoms with Crippen molar-refractivity contribution in [3.63, 3.8) is 0 Å². The standard InChI is InChI=1S/C24H34N4O3.HI/c1-6-25-23(29)20-11-8-19(9-12-20)17-27-24(26-7-2)28(3)15-14-18-10-13-21(30-4)22(16-18)31-5;/h8-13,16H,6-7,14-15,17H2,1-5H3,(H,25,29)(H,26,27);1H. The Balaban J connectivity index is 0.00000512. The van der Waals surface area contributed by atoms with E-state index in [1.807, 2.05) is 50.4 Å². The van der Waals surface area contributed by atoms with Crippen LogP contribution in [0.3, 0.4) is 0 Å². The summed E-state index contributed by atoms with van der Waals surface area (Å²) >= 11 is 0. The topological polar surface area (TPSA) is 75.2 Å². The molecule has 0 atom stereocenters. The summed E-state index contributed by atoms with van der Waals surface area (Å²) in [6.45, 7) is 6.71. The monoisotopic (exact) mass is 554 g/mol. The van der Waals surface area contributed by atoms with Crippen molar-refractivity contribution in [1.29, 1.82) is 0 Å². The molecule has 0 unspecified atom stereocenters. The Labute approximate surface area is 208 Å². The molecule has 0 saturated heterocycles. The normalized spacial score (nSPS) is 10.7. The molecular formula is C24H35IN4O3. The fourth-order valence-electron chi connectivity index (χ4n) is 3.10. The minimum Gasteiger partial charge on any atom is -0.493 e. The van der Waals surface area contributed by atoms with Crippen molar-refractivity contribution in [1.82, 2.24) is 15.5 Å². The highest BCUT2D eigenvalue weighted by Gasteiger charge is 2.09. The van der Waals surface area contributed by atoms with E-state index < -0.39 is 0 Å². The van der Waals surface area contributed by atoms with Crippen LogP contribution in [-0.2, 0) is 13.0 Å². The molecule has 0 aliphatic carbocycles. The van der Waals surface area contributed by atoms with E-state index in [1.165, 1.54) is 5.56 Å². The molecule has 0 saturated carbocycles. The summed E-state index contributed by atoms with van der Waals surface area (Å²) in [6.07, 6.45) is 0.850. The van der Waals surface area contributed by atoms with Gasteiger partial charge in [0.15, 0.2) is 17.5 Å². The second-order valence-corrected chi connectivity index (χ2v) is 7.09. The van der Waals surface area contributed by atoms with E-state index in [0.717, 1.165) is 42.5 Å². The number of aliphatic imine (C=N–C) groups is 1. The molecule has 176 valence electrons. The molecule has 1 amide bonds. The van der Waals surface area contributed by atoms with Gasteiger partial charge in [-0.1, -0.05) is 18.2 Å². The summed E-state index contributed by atoms with van der Waals surface area (Å²) in [5.74, 6) is 2.25. The molecule has 0 spiro atoms. The maximum atomic E-state index is 11.9. The first-order chi connectivity index (χ1) is 15.0. The number of guanidine groups is 1. The van der Waals surface area contributed by atoms with Crippen LogP contribution in [0.4, 0.5) is 0 Å². The number of hydrogen-bond donors (Lipinski definition) is 2. The van der Waals surface area contributed by atoms with Crippen LogP contribution < -0.4 is 20.1 Å². The van der Waals surface area contributed by atoms with Crippen molar-refractivity contribution in [2.75, 3.05) is 40.9 Å². The van der Waals surface area contributed by atoms with Gasteiger partial charge in [0.1, 0.15) is 0 Å². The van der Waals surface area contributed by atoms with Gasteiger partial charge in [-0.05, 0) is 55.7 Å². The number of carbonyl (C=O) groups excluding carboxylic acids is 1. The van der Waals surface area contributed by atoms with Gasteiger partial charge in [0.2, 0.25) is 0 Å². The van der Waals surface area contributed by atoms with E-state index >= 15 is 0 Å². The third-order valence-corrected chi connectivity index (χ3v) is 4.85. The van der Waals surface area contributed by atoms with E-state index in [0.29, 0.717) is 18.7 Å². The van der Waals surface area contributed by atoms with Gasteiger partial charge in [0.05, 0.1) is 20.8 Å². The van der Waals surface area contributed by atoms with Crippen molar-refractivity contribution in [2.45, 2.75) is 26.8 Å². The molecule has 0 heterocycles. The van der Waals surface area contributed by atoms with Gasteiger partial charge in [0.25, 0.3) is 5.91 Å². The predicted molar refractivity (Wildman–Crippen MR) is 141 cm³/mol. The molecular weight excluding hydrogens is 519 g/mol. The number of ether oxygens (including phenoxy) is 2. The average molecular weight is 554 g/mol. The summed E-state index contributed by atoms with van der Waals surface area (Å²) in [6, 6.07) is 13.6. The molecule has 7 nitrogen and oxygen atoms in total. The van der Waals surface area contributed by atoms with E-state index in [9.17, 15) is 4.79 Å². The fraction of sp³-hybridized carbons (Fsp3) is 0.417. The number of methoxy groups -OCH3 is 2. The smallest absolute Gasteiger partial charge is 0.251 e. The van der Waals surface area contributed by atoms with Crippen LogP contribution in [0.1, 0.15) is 35.3 Å². The number of benzene rings is 2. The highest BCUT2D eigenvalue weighted by Crippen LogP contribution is 2.27. The first-order valence-electron chi connectivity index (χ1n) is 10.6. The van der Waals surface area contributed by atoms with Crippen LogP contribution in [-0.4, -0.2) is 57.7 Å². The third-order valence-electron chi connectivity index (χ3n) is 4.85. The van der Waals surface area contributed by atoms with Gasteiger partial charge in [-0.25, -0.2) is 4.99 Å². The Morgan fingerprint density at radius 2 is 1.56 bits per heavy atom. The van der Waals surface area contributed by atoms with Gasteiger partial charge in [0, 0.05) is 32.2 Å². The number of nitrogens with one attached hydrogen (secondary N) is 2. The maximum Gasteiger partial charge on any atom is 0.251 e. The largest absolute Gasteiger partial charge is 0.493 e. The van der Waals surface area contributed by atoms with Gasteiger partial charge < -0.3 is 25.0 Å². The van der Waals surface area contributed by atoms with Crippen LogP contribution in [0.25, 0.3) is 0 Å². The molecule has 0 aromatic heterocycles. The molecule has 0 aliphatic heterocycles. The zero-order chi connectivity index (χ0) is 22.6. The highest BCUT2D eigenvalue weighted by atomic mass is 127. The number of hydrogen-bond acceptors (Lipinski definition) is 4. The second-order valence-electron chi connectivity index (χ2n) is 7.09. The Morgan fingerprint density at radius 3 is 2.16 bits per heavy atom. The van der Waals surface area contributed by atoms with Crippen LogP contribution >= 0.6 is 24.0 Å². The minimum atomic E-state index is -0.0548. The van der Waals surface area contributed by atoms with Crippen LogP contribution in [0, 0.1) is 0 Å². The molecule has 8 heteroatoms. The molecule has 0 radical (unpaired) electrons. The van der Waals surface area contributed by atoms with Crippen molar-refractivity contribution in [3.05, 3.63) is 59.2 Å². The van der Waals surface area contributed by atoms with Crippen molar-refractivity contribution >= 4 is 35.8 Å². The summed E-state index contributed by atoms with van der Waals surface area (Å²) in [7, 11) is 5.31. The Kier molecular flexibility index (Phi) is 12.5. The van der Waals surface area contributed by atoms with E-state index in [-0.39, 0.29) is 29.9 Å². The number of carbonyl (C=O) groups is 1. The van der Waals surface area contributed by atoms with Gasteiger partial charge >= 0.3 is 0 Å². The predicted octanol–water partition coefficient (Wildman–Crippen LogP) is 3.71. The molecule has 0 fully saturated rings. The number of nitrogens with zero attached hydrogens (tertiary/aromatic N) is 2. The van der Waals surface area contributed by atoms with Crippen molar-refractivity contribution in [3.8, 4) is 11.5 Å². The molecule has 2 aromatic rings. The van der Waals surface area contributed by atoms with Gasteiger partial charge in [-0.15, -0.1) is 24.0 Å². The number of likely N-dealkylation sites (N-methyl/N-ethyl adjacent to an activating group) is 1. The lowest BCUT2D eigenvalue weighted by molar-refractivity contribution is 0.0956. The summed E-state index contributed by atoms with van der Waals surface area (Å²) in [5, 5.41) is 6.15. The molecule has 2 N–H and O–H groups in total. The summed E-state index contributed by atoms with van der Waals surface area (Å²) in [4.78, 5) is 18.8. The number of halogens is 1. The van der Waals surface area contributed by atoms with Crippen molar-refractivity contribution in [2.24, 2.45) is 4.99 Å². The van der Waals surface area contributed by atoms with E-state index in [2.05, 4.69) is 28.5 Å². The minimum absolute atomic E-state index is 0. The summed E-state index contributed by atoms with van der Waals surface area (Å²) < 4.78 is 10.7. The lowest BCUT2D eigenvalue weighted by Gasteiger charge is -2.22. The Bertz CT molecular complexity index is 872.